The lowest BCUT2D eigenvalue weighted by atomic mass is 9.98. The Morgan fingerprint density at radius 1 is 1.35 bits per heavy atom. The molecule has 2 aromatic carbocycles. The van der Waals surface area contributed by atoms with Crippen LogP contribution in [0.4, 0.5) is 4.39 Å². The molecular formula is C15H11BrClFO2. The Morgan fingerprint density at radius 3 is 2.65 bits per heavy atom. The third-order valence-corrected chi connectivity index (χ3v) is 4.33. The summed E-state index contributed by atoms with van der Waals surface area (Å²) in [6.45, 7) is 1.90. The highest BCUT2D eigenvalue weighted by atomic mass is 79.9. The van der Waals surface area contributed by atoms with E-state index >= 15 is 0 Å². The first-order valence-electron chi connectivity index (χ1n) is 5.78. The van der Waals surface area contributed by atoms with Gasteiger partial charge in [0.05, 0.1) is 17.7 Å². The molecule has 0 amide bonds. The molecule has 5 heteroatoms. The highest BCUT2D eigenvalue weighted by molar-refractivity contribution is 9.10. The Hall–Kier alpha value is -1.39. The molecule has 0 unspecified atom stereocenters. The first-order chi connectivity index (χ1) is 9.51. The van der Waals surface area contributed by atoms with Gasteiger partial charge in [0.1, 0.15) is 5.75 Å². The summed E-state index contributed by atoms with van der Waals surface area (Å²) in [5.41, 5.74) is 2.02. The highest BCUT2D eigenvalue weighted by Gasteiger charge is 2.19. The maximum absolute atomic E-state index is 14.2. The molecule has 104 valence electrons. The van der Waals surface area contributed by atoms with Crippen LogP contribution in [0, 0.1) is 12.7 Å². The molecule has 20 heavy (non-hydrogen) atoms. The van der Waals surface area contributed by atoms with Gasteiger partial charge < -0.3 is 4.74 Å². The van der Waals surface area contributed by atoms with Crippen LogP contribution in [-0.4, -0.2) is 13.4 Å². The predicted octanol–water partition coefficient (Wildman–Crippen LogP) is 5.04. The number of ether oxygens (including phenoxy) is 1. The average molecular weight is 358 g/mol. The molecule has 0 bridgehead atoms. The zero-order valence-electron chi connectivity index (χ0n) is 10.8. The molecule has 0 atom stereocenters. The van der Waals surface area contributed by atoms with Gasteiger partial charge in [-0.1, -0.05) is 39.7 Å². The summed E-state index contributed by atoms with van der Waals surface area (Å²) in [5.74, 6) is -0.605. The third kappa shape index (κ3) is 2.45. The van der Waals surface area contributed by atoms with E-state index in [2.05, 4.69) is 15.9 Å². The fourth-order valence-electron chi connectivity index (χ4n) is 1.99. The summed E-state index contributed by atoms with van der Waals surface area (Å²) < 4.78 is 20.1. The topological polar surface area (TPSA) is 26.3 Å². The van der Waals surface area contributed by atoms with Crippen molar-refractivity contribution < 1.29 is 13.9 Å². The lowest BCUT2D eigenvalue weighted by molar-refractivity contribution is 0.111. The molecule has 0 heterocycles. The van der Waals surface area contributed by atoms with Gasteiger partial charge in [0.15, 0.2) is 12.1 Å². The Morgan fingerprint density at radius 2 is 2.05 bits per heavy atom. The Bertz CT molecular complexity index is 686. The number of hydrogen-bond acceptors (Lipinski definition) is 2. The van der Waals surface area contributed by atoms with Crippen LogP contribution in [0.25, 0.3) is 11.1 Å². The summed E-state index contributed by atoms with van der Waals surface area (Å²) in [4.78, 5) is 10.9. The normalized spacial score (nSPS) is 10.4. The summed E-state index contributed by atoms with van der Waals surface area (Å²) >= 11 is 9.49. The molecule has 2 aromatic rings. The number of carbonyl (C=O) groups excluding carboxylic acids is 1. The van der Waals surface area contributed by atoms with E-state index in [0.29, 0.717) is 11.8 Å². The van der Waals surface area contributed by atoms with Crippen molar-refractivity contribution in [1.29, 1.82) is 0 Å². The minimum Gasteiger partial charge on any atom is -0.496 e. The predicted molar refractivity (Wildman–Crippen MR) is 81.2 cm³/mol. The van der Waals surface area contributed by atoms with Crippen LogP contribution >= 0.6 is 27.5 Å². The monoisotopic (exact) mass is 356 g/mol. The van der Waals surface area contributed by atoms with E-state index in [-0.39, 0.29) is 16.3 Å². The average Bonchev–Trinajstić information content (AvgIpc) is 2.45. The second-order valence-corrected chi connectivity index (χ2v) is 5.43. The number of benzene rings is 2. The van der Waals surface area contributed by atoms with Gasteiger partial charge in [-0.15, -0.1) is 0 Å². The van der Waals surface area contributed by atoms with Crippen molar-refractivity contribution >= 4 is 33.8 Å². The molecule has 0 aromatic heterocycles. The van der Waals surface area contributed by atoms with Crippen molar-refractivity contribution in [3.05, 3.63) is 50.7 Å². The molecule has 2 rings (SSSR count). The molecule has 2 nitrogen and oxygen atoms in total. The molecule has 0 fully saturated rings. The van der Waals surface area contributed by atoms with E-state index < -0.39 is 5.82 Å². The fourth-order valence-corrected chi connectivity index (χ4v) is 2.62. The van der Waals surface area contributed by atoms with Gasteiger partial charge in [0, 0.05) is 10.0 Å². The van der Waals surface area contributed by atoms with Crippen LogP contribution in [0.2, 0.25) is 5.02 Å². The standard InChI is InChI=1S/C15H11BrClFO2/c1-8-9(4-3-5-12(8)16)10-6-13(20-2)11(7-19)15(18)14(10)17/h3-7H,1-2H3. The number of halogens is 3. The molecule has 0 N–H and O–H groups in total. The van der Waals surface area contributed by atoms with E-state index in [1.807, 2.05) is 25.1 Å². The molecule has 0 saturated heterocycles. The second kappa shape index (κ2) is 5.94. The van der Waals surface area contributed by atoms with Crippen molar-refractivity contribution in [2.75, 3.05) is 7.11 Å². The van der Waals surface area contributed by atoms with Crippen molar-refractivity contribution in [2.45, 2.75) is 6.92 Å². The smallest absolute Gasteiger partial charge is 0.156 e. The number of carbonyl (C=O) groups is 1. The van der Waals surface area contributed by atoms with Gasteiger partial charge in [0.25, 0.3) is 0 Å². The van der Waals surface area contributed by atoms with E-state index in [4.69, 9.17) is 16.3 Å². The fraction of sp³-hybridized carbons (Fsp3) is 0.133. The lowest BCUT2D eigenvalue weighted by Crippen LogP contribution is -1.98. The van der Waals surface area contributed by atoms with Crippen LogP contribution in [-0.2, 0) is 0 Å². The van der Waals surface area contributed by atoms with Crippen molar-refractivity contribution in [1.82, 2.24) is 0 Å². The van der Waals surface area contributed by atoms with Crippen LogP contribution in [0.15, 0.2) is 28.7 Å². The number of rotatable bonds is 3. The molecule has 0 aliphatic heterocycles. The van der Waals surface area contributed by atoms with E-state index in [9.17, 15) is 9.18 Å². The van der Waals surface area contributed by atoms with E-state index in [0.717, 1.165) is 15.6 Å². The number of aldehydes is 1. The molecule has 0 aliphatic carbocycles. The largest absolute Gasteiger partial charge is 0.496 e. The summed E-state index contributed by atoms with van der Waals surface area (Å²) in [7, 11) is 1.38. The Kier molecular flexibility index (Phi) is 4.45. The first-order valence-corrected chi connectivity index (χ1v) is 6.95. The van der Waals surface area contributed by atoms with Gasteiger partial charge in [0.2, 0.25) is 0 Å². The summed E-state index contributed by atoms with van der Waals surface area (Å²) in [6.07, 6.45) is 0.400. The van der Waals surface area contributed by atoms with Gasteiger partial charge in [-0.3, -0.25) is 4.79 Å². The zero-order valence-corrected chi connectivity index (χ0v) is 13.2. The number of methoxy groups -OCH3 is 1. The maximum atomic E-state index is 14.2. The zero-order chi connectivity index (χ0) is 14.9. The van der Waals surface area contributed by atoms with Crippen LogP contribution in [0.5, 0.6) is 5.75 Å². The van der Waals surface area contributed by atoms with Gasteiger partial charge in [-0.05, 0) is 30.2 Å². The second-order valence-electron chi connectivity index (χ2n) is 4.20. The highest BCUT2D eigenvalue weighted by Crippen LogP contribution is 2.39. The van der Waals surface area contributed by atoms with Crippen molar-refractivity contribution in [3.8, 4) is 16.9 Å². The van der Waals surface area contributed by atoms with E-state index in [1.165, 1.54) is 7.11 Å². The Balaban J connectivity index is 2.78. The van der Waals surface area contributed by atoms with Crippen molar-refractivity contribution in [3.63, 3.8) is 0 Å². The van der Waals surface area contributed by atoms with Crippen LogP contribution in [0.3, 0.4) is 0 Å². The molecule has 0 saturated carbocycles. The first kappa shape index (κ1) is 15.0. The molecular weight excluding hydrogens is 347 g/mol. The molecule has 0 aliphatic rings. The quantitative estimate of drug-likeness (QED) is 0.720. The maximum Gasteiger partial charge on any atom is 0.156 e. The van der Waals surface area contributed by atoms with Gasteiger partial charge in [-0.2, -0.15) is 0 Å². The van der Waals surface area contributed by atoms with Crippen LogP contribution < -0.4 is 4.74 Å². The number of hydrogen-bond donors (Lipinski definition) is 0. The summed E-state index contributed by atoms with van der Waals surface area (Å²) in [6, 6.07) is 7.13. The third-order valence-electron chi connectivity index (χ3n) is 3.10. The van der Waals surface area contributed by atoms with E-state index in [1.54, 1.807) is 6.07 Å². The SMILES string of the molecule is COc1cc(-c2cccc(Br)c2C)c(Cl)c(F)c1C=O. The van der Waals surface area contributed by atoms with Gasteiger partial charge in [-0.25, -0.2) is 4.39 Å². The summed E-state index contributed by atoms with van der Waals surface area (Å²) in [5, 5.41) is -0.0888. The minimum absolute atomic E-state index is 0.0888. The van der Waals surface area contributed by atoms with Crippen molar-refractivity contribution in [2.24, 2.45) is 0 Å². The Labute approximate surface area is 129 Å². The molecule has 0 radical (unpaired) electrons. The lowest BCUT2D eigenvalue weighted by Gasteiger charge is -2.14. The van der Waals surface area contributed by atoms with Crippen LogP contribution in [0.1, 0.15) is 15.9 Å². The minimum atomic E-state index is -0.768. The van der Waals surface area contributed by atoms with Gasteiger partial charge >= 0.3 is 0 Å². The molecule has 0 spiro atoms.